The number of nitrogens with zero attached hydrogens (tertiary/aromatic N) is 2. The first-order chi connectivity index (χ1) is 8.34. The largest absolute Gasteiger partial charge is 0.392 e. The van der Waals surface area contributed by atoms with Gasteiger partial charge in [0.2, 0.25) is 0 Å². The molecule has 3 heteroatoms. The summed E-state index contributed by atoms with van der Waals surface area (Å²) in [6, 6.07) is 0. The lowest BCUT2D eigenvalue weighted by atomic mass is 9.80. The number of rotatable bonds is 4. The van der Waals surface area contributed by atoms with Crippen molar-refractivity contribution >= 4 is 5.71 Å². The summed E-state index contributed by atoms with van der Waals surface area (Å²) in [5, 5.41) is 4.39. The van der Waals surface area contributed by atoms with E-state index >= 15 is 0 Å². The predicted molar refractivity (Wildman–Crippen MR) is 75.7 cm³/mol. The first kappa shape index (κ1) is 13.6. The quantitative estimate of drug-likeness (QED) is 0.435. The van der Waals surface area contributed by atoms with Crippen molar-refractivity contribution in [2.24, 2.45) is 22.4 Å². The average molecular weight is 250 g/mol. The van der Waals surface area contributed by atoms with E-state index in [0.29, 0.717) is 12.0 Å². The highest BCUT2D eigenvalue weighted by Crippen LogP contribution is 2.66. The molecule has 3 atom stereocenters. The van der Waals surface area contributed by atoms with Crippen LogP contribution in [0.3, 0.4) is 0 Å². The molecule has 0 saturated heterocycles. The maximum atomic E-state index is 5.35. The molecule has 102 valence electrons. The van der Waals surface area contributed by atoms with Gasteiger partial charge in [0.1, 0.15) is 6.61 Å². The van der Waals surface area contributed by atoms with Gasteiger partial charge in [0.15, 0.2) is 0 Å². The van der Waals surface area contributed by atoms with Crippen LogP contribution in [0.25, 0.3) is 0 Å². The monoisotopic (exact) mass is 250 g/mol. The fraction of sp³-hybridized carbons (Fsp3) is 0.800. The highest BCUT2D eigenvalue weighted by molar-refractivity contribution is 5.94. The van der Waals surface area contributed by atoms with Gasteiger partial charge in [-0.25, -0.2) is 0 Å². The van der Waals surface area contributed by atoms with Crippen LogP contribution in [0.2, 0.25) is 0 Å². The van der Waals surface area contributed by atoms with Crippen molar-refractivity contribution in [2.75, 3.05) is 20.7 Å². The van der Waals surface area contributed by atoms with Crippen LogP contribution < -0.4 is 0 Å². The van der Waals surface area contributed by atoms with E-state index in [2.05, 4.69) is 51.5 Å². The molecule has 0 bridgehead atoms. The zero-order valence-electron chi connectivity index (χ0n) is 12.4. The van der Waals surface area contributed by atoms with Gasteiger partial charge in [0, 0.05) is 0 Å². The first-order valence-corrected chi connectivity index (χ1v) is 6.81. The summed E-state index contributed by atoms with van der Waals surface area (Å²) in [6.45, 7) is 11.2. The number of oxime groups is 1. The number of hydrogen-bond acceptors (Lipinski definition) is 3. The lowest BCUT2D eigenvalue weighted by Crippen LogP contribution is -2.51. The third-order valence-electron chi connectivity index (χ3n) is 5.29. The van der Waals surface area contributed by atoms with Crippen LogP contribution in [-0.4, -0.2) is 36.9 Å². The molecule has 0 radical (unpaired) electrons. The molecule has 2 rings (SSSR count). The summed E-state index contributed by atoms with van der Waals surface area (Å²) < 4.78 is 0. The van der Waals surface area contributed by atoms with E-state index in [-0.39, 0.29) is 5.54 Å². The zero-order valence-corrected chi connectivity index (χ0v) is 12.4. The lowest BCUT2D eigenvalue weighted by Gasteiger charge is -2.40. The Morgan fingerprint density at radius 3 is 2.61 bits per heavy atom. The van der Waals surface area contributed by atoms with Gasteiger partial charge in [-0.3, -0.25) is 4.90 Å². The Kier molecular flexibility index (Phi) is 3.30. The van der Waals surface area contributed by atoms with Gasteiger partial charge in [-0.05, 0) is 51.1 Å². The first-order valence-electron chi connectivity index (χ1n) is 6.81. The molecular formula is C15H26N2O. The second kappa shape index (κ2) is 4.37. The summed E-state index contributed by atoms with van der Waals surface area (Å²) in [4.78, 5) is 7.63. The van der Waals surface area contributed by atoms with Gasteiger partial charge in [-0.1, -0.05) is 31.7 Å². The minimum atomic E-state index is 0.0378. The van der Waals surface area contributed by atoms with Crippen molar-refractivity contribution in [3.05, 3.63) is 12.7 Å². The van der Waals surface area contributed by atoms with E-state index in [1.54, 1.807) is 6.08 Å². The Bertz CT molecular complexity index is 373. The summed E-state index contributed by atoms with van der Waals surface area (Å²) in [5.41, 5.74) is 1.71. The van der Waals surface area contributed by atoms with Crippen LogP contribution in [0.5, 0.6) is 0 Å². The Hall–Kier alpha value is -0.830. The van der Waals surface area contributed by atoms with Gasteiger partial charge in [0.05, 0.1) is 11.3 Å². The van der Waals surface area contributed by atoms with E-state index in [9.17, 15) is 0 Å². The van der Waals surface area contributed by atoms with Crippen molar-refractivity contribution < 1.29 is 4.84 Å². The highest BCUT2D eigenvalue weighted by atomic mass is 16.6. The van der Waals surface area contributed by atoms with Crippen LogP contribution >= 0.6 is 0 Å². The second-order valence-corrected chi connectivity index (χ2v) is 6.73. The van der Waals surface area contributed by atoms with Gasteiger partial charge in [0.25, 0.3) is 0 Å². The number of hydrogen-bond donors (Lipinski definition) is 0. The number of fused-ring (bicyclic) bond motifs is 1. The molecule has 0 aromatic rings. The minimum Gasteiger partial charge on any atom is -0.392 e. The molecule has 0 amide bonds. The molecule has 2 saturated carbocycles. The predicted octanol–water partition coefficient (Wildman–Crippen LogP) is 2.93. The van der Waals surface area contributed by atoms with Crippen LogP contribution in [-0.2, 0) is 4.84 Å². The molecule has 0 aromatic heterocycles. The van der Waals surface area contributed by atoms with Gasteiger partial charge in [-0.15, -0.1) is 0 Å². The van der Waals surface area contributed by atoms with E-state index in [1.807, 2.05) is 0 Å². The zero-order chi connectivity index (χ0) is 13.6. The van der Waals surface area contributed by atoms with E-state index < -0.39 is 0 Å². The van der Waals surface area contributed by atoms with Crippen LogP contribution in [0.4, 0.5) is 0 Å². The molecule has 0 heterocycles. The summed E-state index contributed by atoms with van der Waals surface area (Å²) in [7, 11) is 4.28. The second-order valence-electron chi connectivity index (χ2n) is 6.73. The smallest absolute Gasteiger partial charge is 0.135 e. The molecule has 2 fully saturated rings. The van der Waals surface area contributed by atoms with Crippen molar-refractivity contribution in [2.45, 2.75) is 39.2 Å². The van der Waals surface area contributed by atoms with Crippen molar-refractivity contribution in [1.29, 1.82) is 0 Å². The molecule has 2 aliphatic rings. The molecular weight excluding hydrogens is 224 g/mol. The molecule has 2 aliphatic carbocycles. The van der Waals surface area contributed by atoms with Crippen molar-refractivity contribution in [3.8, 4) is 0 Å². The third-order valence-corrected chi connectivity index (χ3v) is 5.29. The summed E-state index contributed by atoms with van der Waals surface area (Å²) in [6.07, 6.45) is 4.00. The lowest BCUT2D eigenvalue weighted by molar-refractivity contribution is 0.153. The fourth-order valence-corrected chi connectivity index (χ4v) is 3.39. The Morgan fingerprint density at radius 1 is 1.39 bits per heavy atom. The maximum absolute atomic E-state index is 5.35. The van der Waals surface area contributed by atoms with Gasteiger partial charge in [-0.2, -0.15) is 0 Å². The van der Waals surface area contributed by atoms with Gasteiger partial charge >= 0.3 is 0 Å². The van der Waals surface area contributed by atoms with Crippen molar-refractivity contribution in [1.82, 2.24) is 4.90 Å². The molecule has 18 heavy (non-hydrogen) atoms. The molecule has 0 N–H and O–H groups in total. The van der Waals surface area contributed by atoms with E-state index in [1.165, 1.54) is 12.1 Å². The van der Waals surface area contributed by atoms with Gasteiger partial charge < -0.3 is 4.84 Å². The minimum absolute atomic E-state index is 0.0378. The van der Waals surface area contributed by atoms with Crippen LogP contribution in [0, 0.1) is 17.3 Å². The Morgan fingerprint density at radius 2 is 2.06 bits per heavy atom. The molecule has 0 spiro atoms. The third kappa shape index (κ3) is 1.99. The Balaban J connectivity index is 2.19. The van der Waals surface area contributed by atoms with E-state index in [0.717, 1.165) is 18.3 Å². The Labute approximate surface area is 111 Å². The standard InChI is InChI=1S/C15H26N2O/c1-7-8-18-16-13-9-11-12(14(11,2)3)10-15(13,4)17(5)6/h7,11-12H,1,8-10H2,2-6H3/t11-,12+,15+/m0/s1. The normalized spacial score (nSPS) is 39.6. The van der Waals surface area contributed by atoms with Crippen LogP contribution in [0.15, 0.2) is 17.8 Å². The highest BCUT2D eigenvalue weighted by Gasteiger charge is 2.63. The fourth-order valence-electron chi connectivity index (χ4n) is 3.39. The summed E-state index contributed by atoms with van der Waals surface area (Å²) in [5.74, 6) is 1.62. The summed E-state index contributed by atoms with van der Waals surface area (Å²) >= 11 is 0. The molecule has 0 aromatic carbocycles. The molecule has 3 nitrogen and oxygen atoms in total. The molecule has 0 aliphatic heterocycles. The van der Waals surface area contributed by atoms with E-state index in [4.69, 9.17) is 4.84 Å². The maximum Gasteiger partial charge on any atom is 0.135 e. The van der Waals surface area contributed by atoms with Crippen molar-refractivity contribution in [3.63, 3.8) is 0 Å². The molecule has 0 unspecified atom stereocenters. The SMILES string of the molecule is C=CCON=C1C[C@H]2[C@@H](C[C@@]1(C)N(C)C)C2(C)C. The van der Waals surface area contributed by atoms with Crippen LogP contribution in [0.1, 0.15) is 33.6 Å². The average Bonchev–Trinajstić information content (AvgIpc) is 2.80. The topological polar surface area (TPSA) is 24.8 Å².